The predicted octanol–water partition coefficient (Wildman–Crippen LogP) is 4.14. The normalized spacial score (nSPS) is 12.3. The molecule has 0 fully saturated rings. The molecule has 0 aliphatic heterocycles. The first-order valence-corrected chi connectivity index (χ1v) is 8.49. The summed E-state index contributed by atoms with van der Waals surface area (Å²) in [7, 11) is 1.65. The maximum atomic E-state index is 12.2. The molecule has 0 bridgehead atoms. The third-order valence-electron chi connectivity index (χ3n) is 3.77. The molecule has 0 radical (unpaired) electrons. The number of alkyl carbamates (subject to hydrolysis) is 1. The van der Waals surface area contributed by atoms with Crippen LogP contribution in [0.4, 0.5) is 10.5 Å². The number of rotatable bonds is 6. The lowest BCUT2D eigenvalue weighted by atomic mass is 9.99. The topological polar surface area (TPSA) is 99.3 Å². The van der Waals surface area contributed by atoms with Crippen molar-refractivity contribution >= 4 is 11.8 Å². The first-order chi connectivity index (χ1) is 12.6. The Morgan fingerprint density at radius 2 is 2.19 bits per heavy atom. The number of nitrogens with zero attached hydrogens (tertiary/aromatic N) is 3. The minimum atomic E-state index is -0.611. The Hall–Kier alpha value is -3.16. The number of nitrogens with one attached hydrogen (secondary N) is 1. The number of benzene rings is 1. The molecular weight excluding hydrogens is 348 g/mol. The smallest absolute Gasteiger partial charge is 0.408 e. The summed E-state index contributed by atoms with van der Waals surface area (Å²) >= 11 is 0. The van der Waals surface area contributed by atoms with Gasteiger partial charge in [-0.05, 0) is 38.8 Å². The highest BCUT2D eigenvalue weighted by atomic mass is 16.6. The lowest BCUT2D eigenvalue weighted by Gasteiger charge is -2.23. The van der Waals surface area contributed by atoms with Gasteiger partial charge in [-0.2, -0.15) is 5.10 Å². The number of aryl methyl sites for hydroxylation is 1. The van der Waals surface area contributed by atoms with Gasteiger partial charge < -0.3 is 10.1 Å². The molecular formula is C19H24N4O4. The molecule has 0 saturated heterocycles. The van der Waals surface area contributed by atoms with Crippen LogP contribution in [0.15, 0.2) is 43.1 Å². The molecule has 1 aromatic heterocycles. The van der Waals surface area contributed by atoms with Gasteiger partial charge in [0, 0.05) is 12.6 Å². The van der Waals surface area contributed by atoms with E-state index in [-0.39, 0.29) is 11.7 Å². The molecule has 0 saturated carbocycles. The summed E-state index contributed by atoms with van der Waals surface area (Å²) in [5.74, 6) is 0. The van der Waals surface area contributed by atoms with Gasteiger partial charge in [0.1, 0.15) is 17.5 Å². The van der Waals surface area contributed by atoms with Gasteiger partial charge in [-0.3, -0.25) is 14.8 Å². The zero-order valence-electron chi connectivity index (χ0n) is 15.9. The van der Waals surface area contributed by atoms with Gasteiger partial charge in [-0.25, -0.2) is 4.79 Å². The molecule has 8 nitrogen and oxygen atoms in total. The summed E-state index contributed by atoms with van der Waals surface area (Å²) in [6, 6.07) is 6.83. The predicted molar refractivity (Wildman–Crippen MR) is 102 cm³/mol. The minimum absolute atomic E-state index is 0.0741. The zero-order valence-corrected chi connectivity index (χ0v) is 15.9. The molecule has 144 valence electrons. The van der Waals surface area contributed by atoms with E-state index in [9.17, 15) is 14.9 Å². The highest BCUT2D eigenvalue weighted by Crippen LogP contribution is 2.31. The molecule has 8 heteroatoms. The standard InChI is InChI=1S/C19H24N4O4/c1-6-8-15(21-18(24)27-19(2,3)4)13-9-7-10-14(11-13)17-16(23(25)26)12-20-22(17)5/h6-7,9-12,15H,1,8H2,2-5H3,(H,21,24)/t15-/m0/s1. The average molecular weight is 372 g/mol. The summed E-state index contributed by atoms with van der Waals surface area (Å²) in [4.78, 5) is 23.0. The Labute approximate surface area is 158 Å². The van der Waals surface area contributed by atoms with Crippen molar-refractivity contribution in [1.29, 1.82) is 0 Å². The summed E-state index contributed by atoms with van der Waals surface area (Å²) < 4.78 is 6.78. The van der Waals surface area contributed by atoms with E-state index in [1.165, 1.54) is 10.9 Å². The molecule has 0 unspecified atom stereocenters. The van der Waals surface area contributed by atoms with Crippen LogP contribution in [0.2, 0.25) is 0 Å². The maximum Gasteiger partial charge on any atom is 0.408 e. The third-order valence-corrected chi connectivity index (χ3v) is 3.77. The quantitative estimate of drug-likeness (QED) is 0.467. The van der Waals surface area contributed by atoms with Crippen molar-refractivity contribution in [1.82, 2.24) is 15.1 Å². The van der Waals surface area contributed by atoms with E-state index < -0.39 is 16.6 Å². The monoisotopic (exact) mass is 372 g/mol. The van der Waals surface area contributed by atoms with Crippen LogP contribution >= 0.6 is 0 Å². The van der Waals surface area contributed by atoms with E-state index in [4.69, 9.17) is 4.74 Å². The molecule has 2 rings (SSSR count). The van der Waals surface area contributed by atoms with Crippen molar-refractivity contribution in [3.05, 3.63) is 58.8 Å². The Bertz CT molecular complexity index is 852. The van der Waals surface area contributed by atoms with Crippen molar-refractivity contribution in [2.45, 2.75) is 38.8 Å². The van der Waals surface area contributed by atoms with E-state index in [0.717, 1.165) is 5.56 Å². The number of aromatic nitrogens is 2. The van der Waals surface area contributed by atoms with Crippen molar-refractivity contribution in [3.8, 4) is 11.3 Å². The molecule has 1 atom stereocenters. The van der Waals surface area contributed by atoms with Crippen LogP contribution in [-0.2, 0) is 11.8 Å². The number of ether oxygens (including phenoxy) is 1. The Balaban J connectivity index is 2.36. The van der Waals surface area contributed by atoms with Crippen LogP contribution < -0.4 is 5.32 Å². The molecule has 2 aromatic rings. The Morgan fingerprint density at radius 1 is 1.48 bits per heavy atom. The second-order valence-corrected chi connectivity index (χ2v) is 7.11. The van der Waals surface area contributed by atoms with Gasteiger partial charge in [0.25, 0.3) is 0 Å². The minimum Gasteiger partial charge on any atom is -0.444 e. The lowest BCUT2D eigenvalue weighted by Crippen LogP contribution is -2.34. The van der Waals surface area contributed by atoms with Crippen molar-refractivity contribution < 1.29 is 14.5 Å². The molecule has 0 aliphatic carbocycles. The molecule has 1 aromatic carbocycles. The first kappa shape index (κ1) is 20.2. The maximum absolute atomic E-state index is 12.2. The van der Waals surface area contributed by atoms with Crippen LogP contribution in [0.3, 0.4) is 0 Å². The molecule has 1 amide bonds. The van der Waals surface area contributed by atoms with Gasteiger partial charge in [-0.15, -0.1) is 6.58 Å². The van der Waals surface area contributed by atoms with Gasteiger partial charge in [-0.1, -0.05) is 24.3 Å². The third kappa shape index (κ3) is 5.16. The van der Waals surface area contributed by atoms with Crippen molar-refractivity contribution in [2.24, 2.45) is 7.05 Å². The Morgan fingerprint density at radius 3 is 2.78 bits per heavy atom. The van der Waals surface area contributed by atoms with Crippen LogP contribution in [-0.4, -0.2) is 26.4 Å². The van der Waals surface area contributed by atoms with E-state index in [0.29, 0.717) is 17.7 Å². The Kier molecular flexibility index (Phi) is 5.99. The van der Waals surface area contributed by atoms with Gasteiger partial charge in [0.2, 0.25) is 0 Å². The summed E-state index contributed by atoms with van der Waals surface area (Å²) in [5.41, 5.74) is 1.14. The first-order valence-electron chi connectivity index (χ1n) is 8.49. The zero-order chi connectivity index (χ0) is 20.2. The number of hydrogen-bond acceptors (Lipinski definition) is 5. The fraction of sp³-hybridized carbons (Fsp3) is 0.368. The van der Waals surface area contributed by atoms with E-state index in [1.54, 1.807) is 52.1 Å². The van der Waals surface area contributed by atoms with Gasteiger partial charge >= 0.3 is 11.8 Å². The largest absolute Gasteiger partial charge is 0.444 e. The summed E-state index contributed by atoms with van der Waals surface area (Å²) in [5, 5.41) is 18.1. The van der Waals surface area contributed by atoms with Crippen LogP contribution in [0.5, 0.6) is 0 Å². The second-order valence-electron chi connectivity index (χ2n) is 7.11. The number of carbonyl (C=O) groups is 1. The van der Waals surface area contributed by atoms with Crippen LogP contribution in [0.1, 0.15) is 38.8 Å². The van der Waals surface area contributed by atoms with Gasteiger partial charge in [0.05, 0.1) is 11.0 Å². The molecule has 1 N–H and O–H groups in total. The number of nitro groups is 1. The van der Waals surface area contributed by atoms with E-state index >= 15 is 0 Å². The second kappa shape index (κ2) is 8.03. The number of amides is 1. The van der Waals surface area contributed by atoms with Crippen LogP contribution in [0, 0.1) is 10.1 Å². The van der Waals surface area contributed by atoms with Gasteiger partial charge in [0.15, 0.2) is 0 Å². The van der Waals surface area contributed by atoms with Crippen molar-refractivity contribution in [3.63, 3.8) is 0 Å². The van der Waals surface area contributed by atoms with Crippen LogP contribution in [0.25, 0.3) is 11.3 Å². The highest BCUT2D eigenvalue weighted by Gasteiger charge is 2.23. The molecule has 1 heterocycles. The number of carbonyl (C=O) groups excluding carboxylic acids is 1. The van der Waals surface area contributed by atoms with E-state index in [1.807, 2.05) is 6.07 Å². The SMILES string of the molecule is C=CC[C@H](NC(=O)OC(C)(C)C)c1cccc(-c2c([N+](=O)[O-])cnn2C)c1. The lowest BCUT2D eigenvalue weighted by molar-refractivity contribution is -0.384. The van der Waals surface area contributed by atoms with E-state index in [2.05, 4.69) is 17.0 Å². The molecule has 0 spiro atoms. The summed E-state index contributed by atoms with van der Waals surface area (Å²) in [6.45, 7) is 9.10. The highest BCUT2D eigenvalue weighted by molar-refractivity contribution is 5.71. The summed E-state index contributed by atoms with van der Waals surface area (Å²) in [6.07, 6.45) is 2.87. The molecule has 27 heavy (non-hydrogen) atoms. The van der Waals surface area contributed by atoms with Crippen molar-refractivity contribution in [2.75, 3.05) is 0 Å². The average Bonchev–Trinajstić information content (AvgIpc) is 2.95. The number of hydrogen-bond donors (Lipinski definition) is 1. The fourth-order valence-electron chi connectivity index (χ4n) is 2.69. The molecule has 0 aliphatic rings. The fourth-order valence-corrected chi connectivity index (χ4v) is 2.69.